The highest BCUT2D eigenvalue weighted by atomic mass is 19.3. The molecule has 0 saturated heterocycles. The molecule has 16 heavy (non-hydrogen) atoms. The average Bonchev–Trinajstić information content (AvgIpc) is 2.15. The van der Waals surface area contributed by atoms with Gasteiger partial charge in [-0.25, -0.2) is 13.6 Å². The van der Waals surface area contributed by atoms with Crippen LogP contribution in [0.1, 0.15) is 29.3 Å². The van der Waals surface area contributed by atoms with E-state index in [-0.39, 0.29) is 6.61 Å². The molecule has 7 heteroatoms. The summed E-state index contributed by atoms with van der Waals surface area (Å²) in [5.74, 6) is -2.09. The second kappa shape index (κ2) is 4.73. The lowest BCUT2D eigenvalue weighted by Gasteiger charge is -2.08. The molecule has 0 saturated carbocycles. The van der Waals surface area contributed by atoms with Crippen molar-refractivity contribution in [1.82, 2.24) is 4.98 Å². The Hall–Kier alpha value is -1.92. The Morgan fingerprint density at radius 2 is 2.25 bits per heavy atom. The van der Waals surface area contributed by atoms with E-state index in [1.54, 1.807) is 4.98 Å². The summed E-state index contributed by atoms with van der Waals surface area (Å²) in [6.45, 7) is 1.47. The van der Waals surface area contributed by atoms with Crippen LogP contribution < -0.4 is 5.56 Å². The van der Waals surface area contributed by atoms with Gasteiger partial charge >= 0.3 is 5.97 Å². The molecule has 0 amide bonds. The van der Waals surface area contributed by atoms with Crippen molar-refractivity contribution in [2.24, 2.45) is 0 Å². The summed E-state index contributed by atoms with van der Waals surface area (Å²) in [5.41, 5.74) is -2.42. The highest BCUT2D eigenvalue weighted by Crippen LogP contribution is 2.28. The number of rotatable bonds is 3. The van der Waals surface area contributed by atoms with E-state index in [4.69, 9.17) is 5.11 Å². The van der Waals surface area contributed by atoms with Gasteiger partial charge in [0.1, 0.15) is 0 Å². The van der Waals surface area contributed by atoms with E-state index in [1.807, 2.05) is 0 Å². The van der Waals surface area contributed by atoms with Gasteiger partial charge < -0.3 is 9.84 Å². The van der Waals surface area contributed by atoms with Crippen LogP contribution in [0.4, 0.5) is 8.78 Å². The predicted octanol–water partition coefficient (Wildman–Crippen LogP) is 1.19. The highest BCUT2D eigenvalue weighted by Gasteiger charge is 2.24. The molecule has 1 aromatic rings. The molecule has 0 aliphatic carbocycles. The molecule has 0 radical (unpaired) electrons. The van der Waals surface area contributed by atoms with Gasteiger partial charge in [0.05, 0.1) is 17.7 Å². The number of carbonyl (C=O) groups is 1. The van der Waals surface area contributed by atoms with Gasteiger partial charge in [-0.1, -0.05) is 0 Å². The van der Waals surface area contributed by atoms with Crippen LogP contribution in [-0.4, -0.2) is 22.7 Å². The molecular weight excluding hydrogens is 224 g/mol. The van der Waals surface area contributed by atoms with Crippen molar-refractivity contribution in [3.05, 3.63) is 27.5 Å². The fourth-order valence-electron chi connectivity index (χ4n) is 1.16. The van der Waals surface area contributed by atoms with Gasteiger partial charge in [0, 0.05) is 6.07 Å². The smallest absolute Gasteiger partial charge is 0.339 e. The first-order valence-corrected chi connectivity index (χ1v) is 4.38. The van der Waals surface area contributed by atoms with Gasteiger partial charge in [-0.3, -0.25) is 9.78 Å². The fraction of sp³-hybridized carbons (Fsp3) is 0.333. The number of aromatic hydroxyl groups is 1. The van der Waals surface area contributed by atoms with E-state index >= 15 is 0 Å². The molecule has 0 unspecified atom stereocenters. The third-order valence-corrected chi connectivity index (χ3v) is 1.78. The number of H-pyrrole nitrogens is 1. The average molecular weight is 233 g/mol. The third kappa shape index (κ3) is 2.36. The zero-order valence-corrected chi connectivity index (χ0v) is 8.29. The minimum absolute atomic E-state index is 0.0188. The minimum atomic E-state index is -3.09. The van der Waals surface area contributed by atoms with Crippen LogP contribution in [0.5, 0.6) is 5.88 Å². The third-order valence-electron chi connectivity index (χ3n) is 1.78. The summed E-state index contributed by atoms with van der Waals surface area (Å²) in [5, 5.41) is 9.12. The number of aromatic nitrogens is 1. The van der Waals surface area contributed by atoms with Gasteiger partial charge in [0.15, 0.2) is 0 Å². The summed E-state index contributed by atoms with van der Waals surface area (Å²) >= 11 is 0. The SMILES string of the molecule is CCOC(=O)c1cc(=O)[nH]c(O)c1C(F)F. The lowest BCUT2D eigenvalue weighted by molar-refractivity contribution is 0.0513. The Morgan fingerprint density at radius 1 is 1.62 bits per heavy atom. The first-order chi connectivity index (χ1) is 7.47. The molecule has 0 fully saturated rings. The fourth-order valence-corrected chi connectivity index (χ4v) is 1.16. The number of hydrogen-bond donors (Lipinski definition) is 2. The molecule has 0 aliphatic rings. The number of aromatic amines is 1. The summed E-state index contributed by atoms with van der Waals surface area (Å²) in [6.07, 6.45) is -3.09. The maximum absolute atomic E-state index is 12.5. The van der Waals surface area contributed by atoms with Gasteiger partial charge in [0.2, 0.25) is 5.88 Å². The van der Waals surface area contributed by atoms with E-state index in [9.17, 15) is 18.4 Å². The van der Waals surface area contributed by atoms with Gasteiger partial charge in [-0.2, -0.15) is 0 Å². The number of alkyl halides is 2. The maximum atomic E-state index is 12.5. The standard InChI is InChI=1S/C9H9F2NO4/c1-2-16-9(15)4-3-5(13)12-8(14)6(4)7(10)11/h3,7H,2H2,1H3,(H2,12,13,14). The van der Waals surface area contributed by atoms with Gasteiger partial charge in [0.25, 0.3) is 12.0 Å². The molecule has 0 spiro atoms. The summed E-state index contributed by atoms with van der Waals surface area (Å²) in [6, 6.07) is 0.666. The van der Waals surface area contributed by atoms with Crippen LogP contribution in [-0.2, 0) is 4.74 Å². The lowest BCUT2D eigenvalue weighted by Crippen LogP contribution is -2.15. The van der Waals surface area contributed by atoms with Crippen LogP contribution in [0.15, 0.2) is 10.9 Å². The van der Waals surface area contributed by atoms with Crippen LogP contribution in [0.25, 0.3) is 0 Å². The number of nitrogens with one attached hydrogen (secondary N) is 1. The predicted molar refractivity (Wildman–Crippen MR) is 49.6 cm³/mol. The zero-order valence-electron chi connectivity index (χ0n) is 8.29. The summed E-state index contributed by atoms with van der Waals surface area (Å²) in [7, 11) is 0. The molecule has 0 bridgehead atoms. The Bertz CT molecular complexity index is 455. The highest BCUT2D eigenvalue weighted by molar-refractivity contribution is 5.91. The number of halogens is 2. The van der Waals surface area contributed by atoms with Gasteiger partial charge in [-0.15, -0.1) is 0 Å². The Balaban J connectivity index is 3.35. The van der Waals surface area contributed by atoms with Crippen molar-refractivity contribution in [3.63, 3.8) is 0 Å². The van der Waals surface area contributed by atoms with Crippen LogP contribution in [0.3, 0.4) is 0 Å². The maximum Gasteiger partial charge on any atom is 0.339 e. The molecule has 0 atom stereocenters. The zero-order chi connectivity index (χ0) is 12.3. The van der Waals surface area contributed by atoms with Crippen molar-refractivity contribution in [2.45, 2.75) is 13.3 Å². The molecule has 1 rings (SSSR count). The molecule has 2 N–H and O–H groups in total. The molecule has 0 aliphatic heterocycles. The number of carbonyl (C=O) groups excluding carboxylic acids is 1. The number of hydrogen-bond acceptors (Lipinski definition) is 4. The molecule has 5 nitrogen and oxygen atoms in total. The molecule has 1 aromatic heterocycles. The summed E-state index contributed by atoms with van der Waals surface area (Å²) < 4.78 is 29.6. The van der Waals surface area contributed by atoms with Crippen molar-refractivity contribution in [1.29, 1.82) is 0 Å². The van der Waals surface area contributed by atoms with E-state index < -0.39 is 35.0 Å². The van der Waals surface area contributed by atoms with Crippen molar-refractivity contribution < 1.29 is 23.4 Å². The Kier molecular flexibility index (Phi) is 3.60. The molecular formula is C9H9F2NO4. The summed E-state index contributed by atoms with van der Waals surface area (Å²) in [4.78, 5) is 24.0. The topological polar surface area (TPSA) is 79.4 Å². The van der Waals surface area contributed by atoms with E-state index in [2.05, 4.69) is 4.74 Å². The van der Waals surface area contributed by atoms with Crippen molar-refractivity contribution in [3.8, 4) is 5.88 Å². The number of pyridine rings is 1. The van der Waals surface area contributed by atoms with E-state index in [0.29, 0.717) is 6.07 Å². The normalized spacial score (nSPS) is 10.5. The van der Waals surface area contributed by atoms with E-state index in [0.717, 1.165) is 0 Å². The largest absolute Gasteiger partial charge is 0.494 e. The van der Waals surface area contributed by atoms with E-state index in [1.165, 1.54) is 6.92 Å². The van der Waals surface area contributed by atoms with Gasteiger partial charge in [-0.05, 0) is 6.92 Å². The Labute approximate surface area is 88.7 Å². The monoisotopic (exact) mass is 233 g/mol. The van der Waals surface area contributed by atoms with Crippen molar-refractivity contribution in [2.75, 3.05) is 6.61 Å². The van der Waals surface area contributed by atoms with Crippen LogP contribution in [0.2, 0.25) is 0 Å². The second-order valence-corrected chi connectivity index (χ2v) is 2.83. The Morgan fingerprint density at radius 3 is 2.75 bits per heavy atom. The lowest BCUT2D eigenvalue weighted by atomic mass is 10.1. The first-order valence-electron chi connectivity index (χ1n) is 4.38. The van der Waals surface area contributed by atoms with Crippen LogP contribution in [0, 0.1) is 0 Å². The first kappa shape index (κ1) is 12.2. The van der Waals surface area contributed by atoms with Crippen molar-refractivity contribution >= 4 is 5.97 Å². The number of ether oxygens (including phenoxy) is 1. The second-order valence-electron chi connectivity index (χ2n) is 2.83. The number of esters is 1. The molecule has 1 heterocycles. The molecule has 0 aromatic carbocycles. The molecule has 88 valence electrons. The quantitative estimate of drug-likeness (QED) is 0.768. The minimum Gasteiger partial charge on any atom is -0.494 e. The van der Waals surface area contributed by atoms with Crippen LogP contribution >= 0.6 is 0 Å².